The molecule has 0 saturated heterocycles. The van der Waals surface area contributed by atoms with Crippen LogP contribution in [0.1, 0.15) is 19.5 Å². The highest BCUT2D eigenvalue weighted by molar-refractivity contribution is 5.42. The molecular weight excluding hydrogens is 387 g/mol. The van der Waals surface area contributed by atoms with Gasteiger partial charge in [0.2, 0.25) is 11.8 Å². The number of ether oxygens (including phenoxy) is 2. The second-order valence-electron chi connectivity index (χ2n) is 5.19. The summed E-state index contributed by atoms with van der Waals surface area (Å²) in [5.41, 5.74) is 7.01. The Morgan fingerprint density at radius 1 is 1.14 bits per heavy atom. The summed E-state index contributed by atoms with van der Waals surface area (Å²) in [5.74, 6) is 0.0367. The van der Waals surface area contributed by atoms with Crippen molar-refractivity contribution >= 4 is 11.4 Å². The second kappa shape index (κ2) is 11.4. The number of nitrogens with one attached hydrogen (secondary N) is 2. The lowest BCUT2D eigenvalue weighted by atomic mass is 10.4. The van der Waals surface area contributed by atoms with Crippen molar-refractivity contribution in [3.05, 3.63) is 54.6 Å². The average Bonchev–Trinajstić information content (AvgIpc) is 3.02. The molecule has 0 atom stereocenters. The Balaban J connectivity index is 0.000000390. The fourth-order valence-electron chi connectivity index (χ4n) is 1.87. The average molecular weight is 411 g/mol. The molecule has 0 aromatic carbocycles. The summed E-state index contributed by atoms with van der Waals surface area (Å²) in [6.45, 7) is 5.45. The molecule has 0 fully saturated rings. The third-order valence-electron chi connectivity index (χ3n) is 3.09. The zero-order valence-electron chi connectivity index (χ0n) is 16.5. The van der Waals surface area contributed by atoms with Gasteiger partial charge in [0.05, 0.1) is 23.3 Å². The number of nitrogens with zero attached hydrogens (tertiary/aromatic N) is 2. The van der Waals surface area contributed by atoms with Gasteiger partial charge in [-0.25, -0.2) is 4.98 Å². The van der Waals surface area contributed by atoms with Gasteiger partial charge in [-0.1, -0.05) is 13.8 Å². The minimum atomic E-state index is -4.74. The molecule has 0 spiro atoms. The SMILES string of the molecule is CC.CNc1ccc(Oc2cc(OC(F)(F)F)c(C)[nH]2)nc1.Nc1cccnc1. The van der Waals surface area contributed by atoms with Gasteiger partial charge >= 0.3 is 6.36 Å². The van der Waals surface area contributed by atoms with Crippen LogP contribution >= 0.6 is 0 Å². The molecule has 3 heterocycles. The number of hydrogen-bond acceptors (Lipinski definition) is 6. The largest absolute Gasteiger partial charge is 0.573 e. The van der Waals surface area contributed by atoms with E-state index in [1.165, 1.54) is 13.1 Å². The molecule has 0 aliphatic heterocycles. The van der Waals surface area contributed by atoms with Gasteiger partial charge in [0.25, 0.3) is 0 Å². The van der Waals surface area contributed by atoms with Crippen molar-refractivity contribution in [3.8, 4) is 17.5 Å². The maximum absolute atomic E-state index is 12.1. The number of aryl methyl sites for hydroxylation is 1. The van der Waals surface area contributed by atoms with Crippen LogP contribution in [0.25, 0.3) is 0 Å². The van der Waals surface area contributed by atoms with E-state index >= 15 is 0 Å². The molecular formula is C19H24F3N5O2. The molecule has 3 rings (SSSR count). The van der Waals surface area contributed by atoms with Crippen molar-refractivity contribution in [1.82, 2.24) is 15.0 Å². The Morgan fingerprint density at radius 3 is 2.31 bits per heavy atom. The Bertz CT molecular complexity index is 837. The monoisotopic (exact) mass is 411 g/mol. The van der Waals surface area contributed by atoms with E-state index in [2.05, 4.69) is 25.0 Å². The summed E-state index contributed by atoms with van der Waals surface area (Å²) < 4.78 is 45.6. The van der Waals surface area contributed by atoms with Crippen molar-refractivity contribution in [1.29, 1.82) is 0 Å². The van der Waals surface area contributed by atoms with Gasteiger partial charge in [0, 0.05) is 31.6 Å². The van der Waals surface area contributed by atoms with Crippen molar-refractivity contribution in [3.63, 3.8) is 0 Å². The van der Waals surface area contributed by atoms with Crippen LogP contribution in [0.2, 0.25) is 0 Å². The summed E-state index contributed by atoms with van der Waals surface area (Å²) in [7, 11) is 1.74. The lowest BCUT2D eigenvalue weighted by molar-refractivity contribution is -0.274. The first-order chi connectivity index (χ1) is 13.8. The number of nitrogens with two attached hydrogens (primary N) is 1. The molecule has 0 aliphatic rings. The normalized spacial score (nSPS) is 10.0. The van der Waals surface area contributed by atoms with Crippen LogP contribution in [-0.4, -0.2) is 28.4 Å². The predicted octanol–water partition coefficient (Wildman–Crippen LogP) is 5.14. The third kappa shape index (κ3) is 8.87. The lowest BCUT2D eigenvalue weighted by Crippen LogP contribution is -2.17. The Hall–Kier alpha value is -3.43. The van der Waals surface area contributed by atoms with E-state index in [0.717, 1.165) is 11.8 Å². The second-order valence-corrected chi connectivity index (χ2v) is 5.19. The number of alkyl halides is 3. The van der Waals surface area contributed by atoms with Crippen LogP contribution in [-0.2, 0) is 0 Å². The van der Waals surface area contributed by atoms with Gasteiger partial charge < -0.3 is 25.5 Å². The maximum Gasteiger partial charge on any atom is 0.573 e. The fourth-order valence-corrected chi connectivity index (χ4v) is 1.87. The van der Waals surface area contributed by atoms with Gasteiger partial charge in [-0.2, -0.15) is 0 Å². The number of aromatic amines is 1. The molecule has 0 unspecified atom stereocenters. The smallest absolute Gasteiger partial charge is 0.423 e. The van der Waals surface area contributed by atoms with Gasteiger partial charge in [0.15, 0.2) is 5.75 Å². The van der Waals surface area contributed by atoms with Gasteiger partial charge in [-0.15, -0.1) is 13.2 Å². The highest BCUT2D eigenvalue weighted by Crippen LogP contribution is 2.31. The number of hydrogen-bond donors (Lipinski definition) is 3. The van der Waals surface area contributed by atoms with E-state index in [9.17, 15) is 13.2 Å². The van der Waals surface area contributed by atoms with E-state index in [1.54, 1.807) is 43.7 Å². The molecule has 4 N–H and O–H groups in total. The molecule has 3 aromatic heterocycles. The van der Waals surface area contributed by atoms with E-state index in [-0.39, 0.29) is 23.2 Å². The molecule has 29 heavy (non-hydrogen) atoms. The zero-order valence-corrected chi connectivity index (χ0v) is 16.5. The molecule has 0 saturated carbocycles. The van der Waals surface area contributed by atoms with Gasteiger partial charge in [-0.3, -0.25) is 4.98 Å². The molecule has 0 amide bonds. The van der Waals surface area contributed by atoms with Crippen LogP contribution in [0, 0.1) is 6.92 Å². The van der Waals surface area contributed by atoms with Gasteiger partial charge in [0.1, 0.15) is 0 Å². The van der Waals surface area contributed by atoms with E-state index < -0.39 is 6.36 Å². The lowest BCUT2D eigenvalue weighted by Gasteiger charge is -2.06. The topological polar surface area (TPSA) is 98.1 Å². The maximum atomic E-state index is 12.1. The van der Waals surface area contributed by atoms with Crippen molar-refractivity contribution in [2.24, 2.45) is 0 Å². The third-order valence-corrected chi connectivity index (χ3v) is 3.09. The fraction of sp³-hybridized carbons (Fsp3) is 0.263. The number of rotatable bonds is 4. The number of anilines is 2. The summed E-state index contributed by atoms with van der Waals surface area (Å²) in [4.78, 5) is 10.4. The first kappa shape index (κ1) is 23.6. The van der Waals surface area contributed by atoms with Crippen LogP contribution in [0.15, 0.2) is 48.9 Å². The summed E-state index contributed by atoms with van der Waals surface area (Å²) in [6, 6.07) is 8.04. The molecule has 7 nitrogen and oxygen atoms in total. The first-order valence-electron chi connectivity index (χ1n) is 8.69. The molecule has 0 bridgehead atoms. The Labute approximate surface area is 167 Å². The number of halogens is 3. The Kier molecular flexibility index (Phi) is 9.30. The first-order valence-corrected chi connectivity index (χ1v) is 8.69. The number of nitrogen functional groups attached to an aromatic ring is 1. The summed E-state index contributed by atoms with van der Waals surface area (Å²) >= 11 is 0. The standard InChI is InChI=1S/C12H12F3N3O2.C5H6N2.C2H6/c1-7-9(20-12(13,14)15)5-11(18-7)19-10-4-3-8(16-2)6-17-10;6-5-2-1-3-7-4-5;1-2/h3-6,16,18H,1-2H3;1-4H,6H2;1-2H3. The minimum absolute atomic E-state index is 0.117. The molecule has 0 radical (unpaired) electrons. The highest BCUT2D eigenvalue weighted by atomic mass is 19.4. The van der Waals surface area contributed by atoms with Crippen molar-refractivity contribution < 1.29 is 22.6 Å². The predicted molar refractivity (Wildman–Crippen MR) is 106 cm³/mol. The van der Waals surface area contributed by atoms with Crippen LogP contribution < -0.4 is 20.5 Å². The molecule has 10 heteroatoms. The number of H-pyrrole nitrogens is 1. The molecule has 158 valence electrons. The zero-order chi connectivity index (χ0) is 21.9. The number of pyridine rings is 2. The molecule has 3 aromatic rings. The van der Waals surface area contributed by atoms with E-state index in [4.69, 9.17) is 10.5 Å². The van der Waals surface area contributed by atoms with Crippen molar-refractivity contribution in [2.75, 3.05) is 18.1 Å². The van der Waals surface area contributed by atoms with Crippen molar-refractivity contribution in [2.45, 2.75) is 27.1 Å². The summed E-state index contributed by atoms with van der Waals surface area (Å²) in [5, 5.41) is 2.89. The van der Waals surface area contributed by atoms with E-state index in [1.807, 2.05) is 13.8 Å². The van der Waals surface area contributed by atoms with E-state index in [0.29, 0.717) is 5.69 Å². The van der Waals surface area contributed by atoms with Crippen LogP contribution in [0.3, 0.4) is 0 Å². The molecule has 0 aliphatic carbocycles. The quantitative estimate of drug-likeness (QED) is 0.550. The number of aromatic nitrogens is 3. The summed E-state index contributed by atoms with van der Waals surface area (Å²) in [6.07, 6.45) is 0.103. The van der Waals surface area contributed by atoms with Gasteiger partial charge in [-0.05, 0) is 25.1 Å². The highest BCUT2D eigenvalue weighted by Gasteiger charge is 2.32. The minimum Gasteiger partial charge on any atom is -0.423 e. The Morgan fingerprint density at radius 2 is 1.86 bits per heavy atom. The van der Waals surface area contributed by atoms with Crippen LogP contribution in [0.5, 0.6) is 17.5 Å². The van der Waals surface area contributed by atoms with Crippen LogP contribution in [0.4, 0.5) is 24.5 Å².